The van der Waals surface area contributed by atoms with Gasteiger partial charge in [-0.15, -0.1) is 35.4 Å². The maximum absolute atomic E-state index is 7.66. The minimum Gasteiger partial charge on any atom is -0.366 e. The second kappa shape index (κ2) is 27.8. The summed E-state index contributed by atoms with van der Waals surface area (Å²) in [4.78, 5) is 0. The predicted molar refractivity (Wildman–Crippen MR) is 335 cm³/mol. The van der Waals surface area contributed by atoms with E-state index >= 15 is 0 Å². The Bertz CT molecular complexity index is 3620. The molecule has 0 radical (unpaired) electrons. The van der Waals surface area contributed by atoms with Gasteiger partial charge in [-0.05, 0) is 123 Å². The first-order valence-electron chi connectivity index (χ1n) is 27.1. The Morgan fingerprint density at radius 2 is 0.688 bits per heavy atom. The monoisotopic (exact) mass is 1430 g/mol. The Morgan fingerprint density at radius 3 is 1.16 bits per heavy atom. The Labute approximate surface area is 508 Å². The Balaban J connectivity index is 0.000000145. The number of unbranched alkanes of at least 4 members (excludes halogenated alkanes) is 1. The molecular weight excluding hydrogens is 1370 g/mol. The predicted octanol–water partition coefficient (Wildman–Crippen LogP) is 16.3. The first kappa shape index (κ1) is 57.6. The van der Waals surface area contributed by atoms with E-state index in [9.17, 15) is 0 Å². The summed E-state index contributed by atoms with van der Waals surface area (Å²) >= 11 is 0. The summed E-state index contributed by atoms with van der Waals surface area (Å²) in [5, 5.41) is 6.13. The Kier molecular flexibility index (Phi) is 20.0. The van der Waals surface area contributed by atoms with Crippen molar-refractivity contribution in [3.63, 3.8) is 0 Å². The largest absolute Gasteiger partial charge is 1.00 e. The normalized spacial score (nSPS) is 12.7. The van der Waals surface area contributed by atoms with Gasteiger partial charge < -0.3 is 12.8 Å². The molecule has 2 aliphatic rings. The van der Waals surface area contributed by atoms with Gasteiger partial charge in [-0.1, -0.05) is 224 Å². The fraction of sp³-hybridized carbons (Fsp3) is 0.0789. The van der Waals surface area contributed by atoms with Gasteiger partial charge in [-0.25, -0.2) is 0 Å². The van der Waals surface area contributed by atoms with Crippen molar-refractivity contribution < 1.29 is 44.8 Å². The van der Waals surface area contributed by atoms with E-state index in [4.69, 9.17) is 12.8 Å². The third-order valence-electron chi connectivity index (χ3n) is 15.4. The summed E-state index contributed by atoms with van der Waals surface area (Å²) in [6.45, 7) is 0. The van der Waals surface area contributed by atoms with Crippen LogP contribution < -0.4 is 21.2 Å². The molecule has 80 heavy (non-hydrogen) atoms. The molecule has 0 heterocycles. The van der Waals surface area contributed by atoms with Gasteiger partial charge in [0, 0.05) is 5.92 Å². The number of hydrogen-bond donors (Lipinski definition) is 0. The van der Waals surface area contributed by atoms with Crippen molar-refractivity contribution >= 4 is 37.1 Å². The van der Waals surface area contributed by atoms with Crippen molar-refractivity contribution in [2.24, 2.45) is 0 Å². The fourth-order valence-corrected chi connectivity index (χ4v) is 17.3. The SMILES string of the molecule is [Au+].[Au+].[C-]#Cc1ccc2c(c1)-c1ccccc1C2c1ccccc1.[C-]#Cc1ccc2c(c1)C(c1ccccc1)(c1ccccc1)c1ccccc1-2.c1ccc([PH+](CCCC[PH+](c2ccccc2)c2ccccc2)c2ccccc2)cc1. The second-order valence-corrected chi connectivity index (χ2v) is 25.1. The van der Waals surface area contributed by atoms with Crippen LogP contribution in [0, 0.1) is 24.7 Å². The minimum absolute atomic E-state index is 0. The fourth-order valence-electron chi connectivity index (χ4n) is 11.9. The number of benzene rings is 11. The molecule has 0 amide bonds. The molecule has 0 aliphatic heterocycles. The second-order valence-electron chi connectivity index (χ2n) is 19.9. The molecule has 1 atom stereocenters. The van der Waals surface area contributed by atoms with Crippen LogP contribution in [0.3, 0.4) is 0 Å². The van der Waals surface area contributed by atoms with Gasteiger partial charge in [-0.3, -0.25) is 11.8 Å². The van der Waals surface area contributed by atoms with E-state index in [1.165, 1.54) is 108 Å². The summed E-state index contributed by atoms with van der Waals surface area (Å²) in [6, 6.07) is 106. The van der Waals surface area contributed by atoms with E-state index < -0.39 is 15.8 Å². The quantitative estimate of drug-likeness (QED) is 0.0376. The van der Waals surface area contributed by atoms with Crippen LogP contribution >= 0.6 is 15.8 Å². The molecule has 0 saturated heterocycles. The molecule has 2 aliphatic carbocycles. The third-order valence-corrected chi connectivity index (χ3v) is 21.2. The van der Waals surface area contributed by atoms with Crippen molar-refractivity contribution in [1.82, 2.24) is 0 Å². The maximum Gasteiger partial charge on any atom is 1.00 e. The molecule has 0 saturated carbocycles. The van der Waals surface area contributed by atoms with Crippen molar-refractivity contribution in [1.29, 1.82) is 0 Å². The van der Waals surface area contributed by atoms with Crippen LogP contribution in [0.2, 0.25) is 0 Å². The molecule has 0 bridgehead atoms. The van der Waals surface area contributed by atoms with Crippen LogP contribution in [0.4, 0.5) is 0 Å². The number of rotatable bonds is 12. The summed E-state index contributed by atoms with van der Waals surface area (Å²) in [7, 11) is -1.43. The zero-order valence-electron chi connectivity index (χ0n) is 44.3. The van der Waals surface area contributed by atoms with E-state index in [0.717, 1.165) is 11.1 Å². The van der Waals surface area contributed by atoms with Gasteiger partial charge in [0.25, 0.3) is 0 Å². The van der Waals surface area contributed by atoms with E-state index in [1.54, 1.807) is 0 Å². The summed E-state index contributed by atoms with van der Waals surface area (Å²) < 4.78 is 0. The summed E-state index contributed by atoms with van der Waals surface area (Å²) in [5.74, 6) is 5.36. The molecular formula is C76H60Au2P2+2. The van der Waals surface area contributed by atoms with Gasteiger partial charge in [-0.2, -0.15) is 0 Å². The molecule has 0 aromatic heterocycles. The molecule has 11 aromatic rings. The minimum atomic E-state index is -0.714. The third kappa shape index (κ3) is 12.3. The molecule has 13 rings (SSSR count). The molecule has 4 heteroatoms. The Hall–Kier alpha value is -7.12. The molecule has 0 fully saturated rings. The van der Waals surface area contributed by atoms with Crippen molar-refractivity contribution in [2.75, 3.05) is 12.3 Å². The standard InChI is InChI=1S/C28H28P2.C27H17.C21H13.2Au/c1-5-15-25(16-6-1)29(26-17-7-2-8-18-26)23-13-14-24-30(27-19-9-3-10-20-27)28-21-11-4-12-22-28;1-2-20-17-18-24-23-15-9-10-16-25(23)27(26(24)19-20,21-11-5-3-6-12-21)22-13-7-4-8-14-22;1-2-15-12-13-19-20(14-15)17-10-6-7-11-18(17)21(19)16-8-4-3-5-9-16;;/h1-12,15-22H,13-14,23-24H2;3-19H;3-14,21H;;/q;2*-1;2*+1/p+2. The van der Waals surface area contributed by atoms with Crippen molar-refractivity contribution in [3.05, 3.63) is 360 Å². The summed E-state index contributed by atoms with van der Waals surface area (Å²) in [6.07, 6.45) is 20.2. The molecule has 11 aromatic carbocycles. The van der Waals surface area contributed by atoms with Crippen LogP contribution in [0.1, 0.15) is 68.8 Å². The Morgan fingerprint density at radius 1 is 0.325 bits per heavy atom. The van der Waals surface area contributed by atoms with Gasteiger partial charge in [0.1, 0.15) is 0 Å². The average molecular weight is 1430 g/mol. The number of fused-ring (bicyclic) bond motifs is 6. The van der Waals surface area contributed by atoms with Crippen LogP contribution in [0.25, 0.3) is 22.3 Å². The van der Waals surface area contributed by atoms with E-state index in [1.807, 2.05) is 12.1 Å². The van der Waals surface area contributed by atoms with Crippen LogP contribution in [0.5, 0.6) is 0 Å². The molecule has 394 valence electrons. The van der Waals surface area contributed by atoms with Crippen LogP contribution in [-0.4, -0.2) is 12.3 Å². The average Bonchev–Trinajstić information content (AvgIpc) is 4.07. The van der Waals surface area contributed by atoms with Crippen molar-refractivity contribution in [3.8, 4) is 34.1 Å². The molecule has 1 unspecified atom stereocenters. The van der Waals surface area contributed by atoms with E-state index in [-0.39, 0.29) is 56.1 Å². The number of hydrogen-bond acceptors (Lipinski definition) is 0. The molecule has 0 nitrogen and oxygen atoms in total. The van der Waals surface area contributed by atoms with Crippen molar-refractivity contribution in [2.45, 2.75) is 24.2 Å². The zero-order chi connectivity index (χ0) is 52.9. The maximum atomic E-state index is 7.66. The zero-order valence-corrected chi connectivity index (χ0v) is 50.6. The van der Waals surface area contributed by atoms with Gasteiger partial charge in [0.15, 0.2) is 0 Å². The first-order valence-corrected chi connectivity index (χ1v) is 30.5. The van der Waals surface area contributed by atoms with E-state index in [2.05, 4.69) is 297 Å². The smallest absolute Gasteiger partial charge is 0.366 e. The summed E-state index contributed by atoms with van der Waals surface area (Å²) in [5.41, 5.74) is 15.2. The topological polar surface area (TPSA) is 0 Å². The molecule has 0 spiro atoms. The van der Waals surface area contributed by atoms with Crippen LogP contribution in [0.15, 0.2) is 297 Å². The van der Waals surface area contributed by atoms with Gasteiger partial charge >= 0.3 is 44.8 Å². The van der Waals surface area contributed by atoms with E-state index in [0.29, 0.717) is 0 Å². The first-order chi connectivity index (χ1) is 38.6. The van der Waals surface area contributed by atoms with Gasteiger partial charge in [0.2, 0.25) is 0 Å². The van der Waals surface area contributed by atoms with Gasteiger partial charge in [0.05, 0.1) is 54.8 Å². The van der Waals surface area contributed by atoms with Crippen LogP contribution in [-0.2, 0) is 50.2 Å². The molecule has 0 N–H and O–H groups in total.